The lowest BCUT2D eigenvalue weighted by Gasteiger charge is -2.32. The van der Waals surface area contributed by atoms with E-state index in [9.17, 15) is 0 Å². The summed E-state index contributed by atoms with van der Waals surface area (Å²) in [4.78, 5) is 0. The fraction of sp³-hybridized carbons (Fsp3) is 0.684. The molecule has 0 aliphatic heterocycles. The standard InChI is InChI=1S/C19H31N/c1-4-5-7-16-10-12-18(13-11-16)20-19-9-6-8-17(14-19)15(2)3/h10-13,15,17,19-20H,4-9,14H2,1-3H3. The van der Waals surface area contributed by atoms with Gasteiger partial charge < -0.3 is 5.32 Å². The molecule has 0 spiro atoms. The molecule has 0 heterocycles. The van der Waals surface area contributed by atoms with Crippen LogP contribution in [0.1, 0.15) is 64.9 Å². The summed E-state index contributed by atoms with van der Waals surface area (Å²) in [5.41, 5.74) is 2.78. The lowest BCUT2D eigenvalue weighted by Crippen LogP contribution is -2.29. The van der Waals surface area contributed by atoms with Crippen LogP contribution >= 0.6 is 0 Å². The van der Waals surface area contributed by atoms with Crippen LogP contribution in [0.4, 0.5) is 5.69 Å². The minimum atomic E-state index is 0.678. The summed E-state index contributed by atoms with van der Waals surface area (Å²) in [6.45, 7) is 7.00. The molecule has 1 heteroatoms. The number of hydrogen-bond donors (Lipinski definition) is 1. The van der Waals surface area contributed by atoms with Crippen molar-refractivity contribution < 1.29 is 0 Å². The van der Waals surface area contributed by atoms with Gasteiger partial charge in [0.2, 0.25) is 0 Å². The van der Waals surface area contributed by atoms with Crippen LogP contribution in [0.5, 0.6) is 0 Å². The van der Waals surface area contributed by atoms with E-state index >= 15 is 0 Å². The first-order valence-corrected chi connectivity index (χ1v) is 8.54. The Bertz CT molecular complexity index is 379. The molecule has 0 radical (unpaired) electrons. The van der Waals surface area contributed by atoms with Crippen LogP contribution in [0.25, 0.3) is 0 Å². The summed E-state index contributed by atoms with van der Waals surface area (Å²) in [5.74, 6) is 1.74. The van der Waals surface area contributed by atoms with Gasteiger partial charge in [0.15, 0.2) is 0 Å². The molecule has 0 aromatic heterocycles. The molecule has 1 N–H and O–H groups in total. The first kappa shape index (κ1) is 15.4. The van der Waals surface area contributed by atoms with Gasteiger partial charge in [-0.05, 0) is 55.2 Å². The molecule has 2 unspecified atom stereocenters. The summed E-state index contributed by atoms with van der Waals surface area (Å²) < 4.78 is 0. The van der Waals surface area contributed by atoms with Crippen molar-refractivity contribution in [3.63, 3.8) is 0 Å². The lowest BCUT2D eigenvalue weighted by atomic mass is 9.79. The molecule has 2 atom stereocenters. The zero-order valence-corrected chi connectivity index (χ0v) is 13.5. The lowest BCUT2D eigenvalue weighted by molar-refractivity contribution is 0.264. The molecular weight excluding hydrogens is 242 g/mol. The van der Waals surface area contributed by atoms with Crippen molar-refractivity contribution in [2.24, 2.45) is 11.8 Å². The van der Waals surface area contributed by atoms with Gasteiger partial charge in [-0.15, -0.1) is 0 Å². The molecule has 0 saturated heterocycles. The average molecular weight is 273 g/mol. The highest BCUT2D eigenvalue weighted by Gasteiger charge is 2.23. The Morgan fingerprint density at radius 1 is 1.15 bits per heavy atom. The van der Waals surface area contributed by atoms with E-state index in [0.717, 1.165) is 11.8 Å². The van der Waals surface area contributed by atoms with E-state index in [4.69, 9.17) is 0 Å². The predicted octanol–water partition coefficient (Wildman–Crippen LogP) is 5.66. The third-order valence-corrected chi connectivity index (χ3v) is 4.80. The van der Waals surface area contributed by atoms with Gasteiger partial charge in [0.25, 0.3) is 0 Å². The molecule has 1 aromatic carbocycles. The number of nitrogens with one attached hydrogen (secondary N) is 1. The third-order valence-electron chi connectivity index (χ3n) is 4.80. The topological polar surface area (TPSA) is 12.0 Å². The molecule has 0 bridgehead atoms. The number of rotatable bonds is 6. The van der Waals surface area contributed by atoms with Gasteiger partial charge in [0.05, 0.1) is 0 Å². The molecule has 1 nitrogen and oxygen atoms in total. The molecule has 1 saturated carbocycles. The molecule has 1 aliphatic rings. The Morgan fingerprint density at radius 2 is 1.90 bits per heavy atom. The highest BCUT2D eigenvalue weighted by Crippen LogP contribution is 2.31. The summed E-state index contributed by atoms with van der Waals surface area (Å²) >= 11 is 0. The van der Waals surface area contributed by atoms with Crippen molar-refractivity contribution >= 4 is 5.69 Å². The van der Waals surface area contributed by atoms with Gasteiger partial charge >= 0.3 is 0 Å². The molecule has 1 aromatic rings. The summed E-state index contributed by atoms with van der Waals surface area (Å²) in [5, 5.41) is 3.75. The van der Waals surface area contributed by atoms with Crippen molar-refractivity contribution in [2.75, 3.05) is 5.32 Å². The van der Waals surface area contributed by atoms with Crippen LogP contribution in [0.15, 0.2) is 24.3 Å². The van der Waals surface area contributed by atoms with Gasteiger partial charge in [0.1, 0.15) is 0 Å². The smallest absolute Gasteiger partial charge is 0.0342 e. The molecule has 1 fully saturated rings. The van der Waals surface area contributed by atoms with E-state index in [-0.39, 0.29) is 0 Å². The second-order valence-corrected chi connectivity index (χ2v) is 6.81. The van der Waals surface area contributed by atoms with E-state index in [0.29, 0.717) is 6.04 Å². The van der Waals surface area contributed by atoms with Crippen molar-refractivity contribution in [1.29, 1.82) is 0 Å². The van der Waals surface area contributed by atoms with Gasteiger partial charge in [0, 0.05) is 11.7 Å². The Kier molecular flexibility index (Phi) is 5.94. The SMILES string of the molecule is CCCCc1ccc(NC2CCCC(C(C)C)C2)cc1. The number of aryl methyl sites for hydroxylation is 1. The van der Waals surface area contributed by atoms with Crippen molar-refractivity contribution in [1.82, 2.24) is 0 Å². The second-order valence-electron chi connectivity index (χ2n) is 6.81. The molecule has 112 valence electrons. The quantitative estimate of drug-likeness (QED) is 0.705. The van der Waals surface area contributed by atoms with Crippen molar-refractivity contribution in [3.8, 4) is 0 Å². The minimum absolute atomic E-state index is 0.678. The Morgan fingerprint density at radius 3 is 2.55 bits per heavy atom. The van der Waals surface area contributed by atoms with Gasteiger partial charge in [-0.2, -0.15) is 0 Å². The fourth-order valence-electron chi connectivity index (χ4n) is 3.35. The molecule has 2 rings (SSSR count). The number of benzene rings is 1. The number of unbranched alkanes of at least 4 members (excludes halogenated alkanes) is 1. The normalized spacial score (nSPS) is 23.0. The average Bonchev–Trinajstić information content (AvgIpc) is 2.47. The summed E-state index contributed by atoms with van der Waals surface area (Å²) in [6, 6.07) is 9.80. The van der Waals surface area contributed by atoms with Crippen LogP contribution < -0.4 is 5.32 Å². The zero-order valence-electron chi connectivity index (χ0n) is 13.5. The zero-order chi connectivity index (χ0) is 14.4. The van der Waals surface area contributed by atoms with Gasteiger partial charge in [-0.25, -0.2) is 0 Å². The van der Waals surface area contributed by atoms with E-state index < -0.39 is 0 Å². The van der Waals surface area contributed by atoms with Crippen LogP contribution in [0.3, 0.4) is 0 Å². The maximum atomic E-state index is 3.75. The van der Waals surface area contributed by atoms with Gasteiger partial charge in [-0.1, -0.05) is 52.2 Å². The van der Waals surface area contributed by atoms with Crippen molar-refractivity contribution in [2.45, 2.75) is 71.8 Å². The van der Waals surface area contributed by atoms with Crippen molar-refractivity contribution in [3.05, 3.63) is 29.8 Å². The summed E-state index contributed by atoms with van der Waals surface area (Å²) in [6.07, 6.45) is 9.27. The van der Waals surface area contributed by atoms with E-state index in [1.165, 1.54) is 56.2 Å². The van der Waals surface area contributed by atoms with E-state index in [2.05, 4.69) is 50.4 Å². The second kappa shape index (κ2) is 7.71. The predicted molar refractivity (Wildman–Crippen MR) is 89.3 cm³/mol. The Hall–Kier alpha value is -0.980. The van der Waals surface area contributed by atoms with Crippen LogP contribution in [0, 0.1) is 11.8 Å². The monoisotopic (exact) mass is 273 g/mol. The maximum absolute atomic E-state index is 3.75. The highest BCUT2D eigenvalue weighted by molar-refractivity contribution is 5.45. The van der Waals surface area contributed by atoms with E-state index in [1.807, 2.05) is 0 Å². The Labute approximate surface area is 125 Å². The van der Waals surface area contributed by atoms with Crippen LogP contribution in [0.2, 0.25) is 0 Å². The third kappa shape index (κ3) is 4.54. The maximum Gasteiger partial charge on any atom is 0.0342 e. The molecule has 20 heavy (non-hydrogen) atoms. The largest absolute Gasteiger partial charge is 0.382 e. The highest BCUT2D eigenvalue weighted by atomic mass is 14.9. The van der Waals surface area contributed by atoms with Crippen LogP contribution in [-0.4, -0.2) is 6.04 Å². The Balaban J connectivity index is 1.86. The summed E-state index contributed by atoms with van der Waals surface area (Å²) in [7, 11) is 0. The molecular formula is C19H31N. The first-order valence-electron chi connectivity index (χ1n) is 8.54. The molecule has 1 aliphatic carbocycles. The first-order chi connectivity index (χ1) is 9.69. The number of hydrogen-bond acceptors (Lipinski definition) is 1. The van der Waals surface area contributed by atoms with Crippen LogP contribution in [-0.2, 0) is 6.42 Å². The fourth-order valence-corrected chi connectivity index (χ4v) is 3.35. The van der Waals surface area contributed by atoms with Gasteiger partial charge in [-0.3, -0.25) is 0 Å². The van der Waals surface area contributed by atoms with E-state index in [1.54, 1.807) is 0 Å². The molecule has 0 amide bonds. The minimum Gasteiger partial charge on any atom is -0.382 e. The number of anilines is 1.